The summed E-state index contributed by atoms with van der Waals surface area (Å²) in [7, 11) is -0.969. The summed E-state index contributed by atoms with van der Waals surface area (Å²) in [6.07, 6.45) is 5.76. The lowest BCUT2D eigenvalue weighted by Crippen LogP contribution is -2.25. The number of nitrogens with zero attached hydrogens (tertiary/aromatic N) is 2. The van der Waals surface area contributed by atoms with Crippen LogP contribution < -0.4 is 0 Å². The maximum atomic E-state index is 12.0. The molecule has 0 aromatic carbocycles. The lowest BCUT2D eigenvalue weighted by atomic mass is 10.1. The largest absolute Gasteiger partial charge is 0.377 e. The Hall–Kier alpha value is -0.750. The van der Waals surface area contributed by atoms with Crippen LogP contribution in [0.15, 0.2) is 4.52 Å². The van der Waals surface area contributed by atoms with Gasteiger partial charge in [-0.1, -0.05) is 5.16 Å². The maximum Gasteiger partial charge on any atom is 0.239 e. The Kier molecular flexibility index (Phi) is 3.75. The molecule has 0 spiro atoms. The van der Waals surface area contributed by atoms with Gasteiger partial charge in [-0.3, -0.25) is 4.21 Å². The minimum absolute atomic E-state index is 0.144. The second-order valence-electron chi connectivity index (χ2n) is 5.06. The monoisotopic (exact) mass is 270 g/mol. The molecule has 0 N–H and O–H groups in total. The van der Waals surface area contributed by atoms with E-state index < -0.39 is 10.8 Å². The van der Waals surface area contributed by atoms with Gasteiger partial charge >= 0.3 is 0 Å². The van der Waals surface area contributed by atoms with E-state index in [1.165, 1.54) is 6.42 Å². The van der Waals surface area contributed by atoms with Crippen molar-refractivity contribution in [1.82, 2.24) is 10.1 Å². The standard InChI is InChI=1S/C12H18N2O3S/c15-18(7-10-3-1-2-6-16-10)8-11-13-12(14-17-11)9-4-5-9/h9-10H,1-8H2/t10-,18+/m0/s1. The summed E-state index contributed by atoms with van der Waals surface area (Å²) in [5, 5.41) is 3.93. The highest BCUT2D eigenvalue weighted by atomic mass is 32.2. The van der Waals surface area contributed by atoms with E-state index in [9.17, 15) is 4.21 Å². The number of rotatable bonds is 5. The van der Waals surface area contributed by atoms with Crippen LogP contribution >= 0.6 is 0 Å². The second kappa shape index (κ2) is 5.48. The van der Waals surface area contributed by atoms with E-state index in [-0.39, 0.29) is 6.10 Å². The molecule has 1 saturated carbocycles. The van der Waals surface area contributed by atoms with Crippen LogP contribution in [0.2, 0.25) is 0 Å². The first-order chi connectivity index (χ1) is 8.81. The lowest BCUT2D eigenvalue weighted by Gasteiger charge is -2.21. The molecule has 1 aliphatic carbocycles. The molecule has 18 heavy (non-hydrogen) atoms. The van der Waals surface area contributed by atoms with Gasteiger partial charge in [0.15, 0.2) is 5.82 Å². The summed E-state index contributed by atoms with van der Waals surface area (Å²) in [5.41, 5.74) is 0. The Morgan fingerprint density at radius 3 is 2.89 bits per heavy atom. The molecule has 2 fully saturated rings. The third kappa shape index (κ3) is 3.17. The summed E-state index contributed by atoms with van der Waals surface area (Å²) in [6, 6.07) is 0. The predicted octanol–water partition coefficient (Wildman–Crippen LogP) is 1.76. The van der Waals surface area contributed by atoms with Gasteiger partial charge in [-0.25, -0.2) is 0 Å². The van der Waals surface area contributed by atoms with Crippen LogP contribution in [0.1, 0.15) is 49.7 Å². The zero-order valence-electron chi connectivity index (χ0n) is 10.3. The van der Waals surface area contributed by atoms with Crippen LogP contribution in [0.25, 0.3) is 0 Å². The van der Waals surface area contributed by atoms with Crippen molar-refractivity contribution in [2.45, 2.75) is 49.9 Å². The van der Waals surface area contributed by atoms with Gasteiger partial charge in [0.2, 0.25) is 5.89 Å². The molecule has 1 aromatic rings. The molecule has 6 heteroatoms. The van der Waals surface area contributed by atoms with E-state index in [0.717, 1.165) is 38.1 Å². The van der Waals surface area contributed by atoms with Crippen molar-refractivity contribution in [3.8, 4) is 0 Å². The Morgan fingerprint density at radius 2 is 2.17 bits per heavy atom. The normalized spacial score (nSPS) is 26.1. The molecular weight excluding hydrogens is 252 g/mol. The molecule has 2 aliphatic rings. The fourth-order valence-corrected chi connectivity index (χ4v) is 3.36. The smallest absolute Gasteiger partial charge is 0.239 e. The summed E-state index contributed by atoms with van der Waals surface area (Å²) >= 11 is 0. The highest BCUT2D eigenvalue weighted by molar-refractivity contribution is 7.84. The molecule has 2 atom stereocenters. The average molecular weight is 270 g/mol. The van der Waals surface area contributed by atoms with Gasteiger partial charge in [0.25, 0.3) is 0 Å². The number of aromatic nitrogens is 2. The van der Waals surface area contributed by atoms with Crippen molar-refractivity contribution in [3.05, 3.63) is 11.7 Å². The fraction of sp³-hybridized carbons (Fsp3) is 0.833. The molecule has 1 saturated heterocycles. The van der Waals surface area contributed by atoms with Gasteiger partial charge in [-0.2, -0.15) is 4.98 Å². The van der Waals surface area contributed by atoms with Gasteiger partial charge in [-0.15, -0.1) is 0 Å². The highest BCUT2D eigenvalue weighted by Crippen LogP contribution is 2.38. The van der Waals surface area contributed by atoms with Crippen LogP contribution in [0, 0.1) is 0 Å². The van der Waals surface area contributed by atoms with Gasteiger partial charge in [0.05, 0.1) is 11.9 Å². The molecular formula is C12H18N2O3S. The van der Waals surface area contributed by atoms with Gasteiger partial charge in [0.1, 0.15) is 5.75 Å². The first-order valence-electron chi connectivity index (χ1n) is 6.60. The molecule has 2 heterocycles. The van der Waals surface area contributed by atoms with Crippen LogP contribution in [0.4, 0.5) is 0 Å². The van der Waals surface area contributed by atoms with Gasteiger partial charge in [0, 0.05) is 23.3 Å². The average Bonchev–Trinajstić information content (AvgIpc) is 3.12. The van der Waals surface area contributed by atoms with Crippen molar-refractivity contribution in [3.63, 3.8) is 0 Å². The maximum absolute atomic E-state index is 12.0. The van der Waals surface area contributed by atoms with Crippen molar-refractivity contribution in [1.29, 1.82) is 0 Å². The van der Waals surface area contributed by atoms with Crippen molar-refractivity contribution in [2.75, 3.05) is 12.4 Å². The van der Waals surface area contributed by atoms with Crippen LogP contribution in [0.3, 0.4) is 0 Å². The van der Waals surface area contributed by atoms with Crippen LogP contribution in [0.5, 0.6) is 0 Å². The van der Waals surface area contributed by atoms with Crippen LogP contribution in [-0.4, -0.2) is 32.8 Å². The molecule has 100 valence electrons. The quantitative estimate of drug-likeness (QED) is 0.815. The van der Waals surface area contributed by atoms with E-state index in [0.29, 0.717) is 23.3 Å². The second-order valence-corrected chi connectivity index (χ2v) is 6.56. The number of ether oxygens (including phenoxy) is 1. The molecule has 0 amide bonds. The number of hydrogen-bond acceptors (Lipinski definition) is 5. The van der Waals surface area contributed by atoms with Crippen molar-refractivity contribution >= 4 is 10.8 Å². The minimum Gasteiger partial charge on any atom is -0.377 e. The summed E-state index contributed by atoms with van der Waals surface area (Å²) in [6.45, 7) is 0.800. The van der Waals surface area contributed by atoms with Crippen LogP contribution in [-0.2, 0) is 21.3 Å². The summed E-state index contributed by atoms with van der Waals surface area (Å²) in [4.78, 5) is 4.29. The van der Waals surface area contributed by atoms with Crippen molar-refractivity contribution in [2.24, 2.45) is 0 Å². The Morgan fingerprint density at radius 1 is 1.28 bits per heavy atom. The van der Waals surface area contributed by atoms with E-state index >= 15 is 0 Å². The van der Waals surface area contributed by atoms with E-state index in [1.54, 1.807) is 0 Å². The first-order valence-corrected chi connectivity index (χ1v) is 8.09. The van der Waals surface area contributed by atoms with Crippen molar-refractivity contribution < 1.29 is 13.5 Å². The summed E-state index contributed by atoms with van der Waals surface area (Å²) in [5.74, 6) is 2.72. The van der Waals surface area contributed by atoms with Gasteiger partial charge < -0.3 is 9.26 Å². The lowest BCUT2D eigenvalue weighted by molar-refractivity contribution is 0.0310. The Bertz CT molecular complexity index is 425. The fourth-order valence-electron chi connectivity index (χ4n) is 2.18. The Labute approximate surface area is 109 Å². The van der Waals surface area contributed by atoms with Gasteiger partial charge in [-0.05, 0) is 32.1 Å². The molecule has 0 unspecified atom stereocenters. The zero-order chi connectivity index (χ0) is 12.4. The molecule has 3 rings (SSSR count). The minimum atomic E-state index is -0.969. The van der Waals surface area contributed by atoms with E-state index in [1.807, 2.05) is 0 Å². The molecule has 5 nitrogen and oxygen atoms in total. The Balaban J connectivity index is 1.49. The van der Waals surface area contributed by atoms with E-state index in [2.05, 4.69) is 10.1 Å². The molecule has 0 radical (unpaired) electrons. The summed E-state index contributed by atoms with van der Waals surface area (Å²) < 4.78 is 22.7. The highest BCUT2D eigenvalue weighted by Gasteiger charge is 2.29. The van der Waals surface area contributed by atoms with E-state index in [4.69, 9.17) is 9.26 Å². The SMILES string of the molecule is O=[S@@](Cc1nc(C2CC2)no1)C[C@@H]1CCCCO1. The third-order valence-corrected chi connectivity index (χ3v) is 4.67. The molecule has 0 bridgehead atoms. The predicted molar refractivity (Wildman–Crippen MR) is 66.6 cm³/mol. The topological polar surface area (TPSA) is 65.2 Å². The third-order valence-electron chi connectivity index (χ3n) is 3.36. The molecule has 1 aromatic heterocycles. The number of hydrogen-bond donors (Lipinski definition) is 0. The first kappa shape index (κ1) is 12.3. The zero-order valence-corrected chi connectivity index (χ0v) is 11.2. The molecule has 1 aliphatic heterocycles.